The van der Waals surface area contributed by atoms with Crippen LogP contribution in [0.3, 0.4) is 0 Å². The van der Waals surface area contributed by atoms with Crippen LogP contribution in [-0.2, 0) is 0 Å². The van der Waals surface area contributed by atoms with Crippen LogP contribution in [0, 0.1) is 0 Å². The first-order valence-corrected chi connectivity index (χ1v) is 5.53. The van der Waals surface area contributed by atoms with Gasteiger partial charge >= 0.3 is 6.03 Å². The van der Waals surface area contributed by atoms with Gasteiger partial charge in [-0.05, 0) is 25.0 Å². The number of nitrogens with one attached hydrogen (secondary N) is 1. The second-order valence-corrected chi connectivity index (χ2v) is 4.03. The first-order chi connectivity index (χ1) is 7.75. The van der Waals surface area contributed by atoms with Crippen molar-refractivity contribution in [3.63, 3.8) is 0 Å². The summed E-state index contributed by atoms with van der Waals surface area (Å²) in [4.78, 5) is 13.7. The van der Waals surface area contributed by atoms with E-state index in [2.05, 4.69) is 11.9 Å². The maximum absolute atomic E-state index is 11.9. The number of urea groups is 1. The zero-order valence-electron chi connectivity index (χ0n) is 9.28. The smallest absolute Gasteiger partial charge is 0.321 e. The molecular formula is C13H16N2O. The van der Waals surface area contributed by atoms with E-state index in [0.717, 1.165) is 31.6 Å². The lowest BCUT2D eigenvalue weighted by molar-refractivity contribution is 0.207. The van der Waals surface area contributed by atoms with Crippen LogP contribution in [0.15, 0.2) is 42.5 Å². The molecule has 3 heteroatoms. The Morgan fingerprint density at radius 1 is 1.19 bits per heavy atom. The Morgan fingerprint density at radius 2 is 1.81 bits per heavy atom. The summed E-state index contributed by atoms with van der Waals surface area (Å²) in [6, 6.07) is 9.52. The van der Waals surface area contributed by atoms with Crippen molar-refractivity contribution < 1.29 is 4.79 Å². The van der Waals surface area contributed by atoms with Crippen molar-refractivity contribution in [2.45, 2.75) is 12.8 Å². The largest absolute Gasteiger partial charge is 0.324 e. The predicted molar refractivity (Wildman–Crippen MR) is 65.4 cm³/mol. The molecule has 0 saturated carbocycles. The molecule has 0 aromatic heterocycles. The van der Waals surface area contributed by atoms with Gasteiger partial charge in [-0.2, -0.15) is 0 Å². The highest BCUT2D eigenvalue weighted by molar-refractivity contribution is 5.89. The SMILES string of the molecule is C=C1CCN(C(=O)Nc2ccccc2)CC1. The third kappa shape index (κ3) is 2.63. The third-order valence-corrected chi connectivity index (χ3v) is 2.78. The van der Waals surface area contributed by atoms with Crippen LogP contribution in [-0.4, -0.2) is 24.0 Å². The molecule has 1 heterocycles. The minimum Gasteiger partial charge on any atom is -0.324 e. The molecule has 3 nitrogen and oxygen atoms in total. The normalized spacial score (nSPS) is 16.0. The molecule has 2 rings (SSSR count). The molecule has 0 bridgehead atoms. The number of hydrogen-bond donors (Lipinski definition) is 1. The van der Waals surface area contributed by atoms with Gasteiger partial charge in [-0.25, -0.2) is 4.79 Å². The Bertz CT molecular complexity index is 376. The molecular weight excluding hydrogens is 200 g/mol. The van der Waals surface area contributed by atoms with Crippen molar-refractivity contribution in [2.75, 3.05) is 18.4 Å². The molecule has 84 valence electrons. The van der Waals surface area contributed by atoms with Gasteiger partial charge in [-0.15, -0.1) is 0 Å². The molecule has 1 saturated heterocycles. The van der Waals surface area contributed by atoms with Crippen LogP contribution in [0.5, 0.6) is 0 Å². The fraction of sp³-hybridized carbons (Fsp3) is 0.308. The summed E-state index contributed by atoms with van der Waals surface area (Å²) in [5, 5.41) is 2.88. The number of para-hydroxylation sites is 1. The number of anilines is 1. The number of carbonyl (C=O) groups is 1. The Balaban J connectivity index is 1.91. The zero-order valence-corrected chi connectivity index (χ0v) is 9.28. The van der Waals surface area contributed by atoms with Crippen LogP contribution >= 0.6 is 0 Å². The van der Waals surface area contributed by atoms with Gasteiger partial charge in [-0.1, -0.05) is 30.4 Å². The Hall–Kier alpha value is -1.77. The molecule has 0 unspecified atom stereocenters. The van der Waals surface area contributed by atoms with E-state index in [1.54, 1.807) is 0 Å². The zero-order chi connectivity index (χ0) is 11.4. The van der Waals surface area contributed by atoms with E-state index in [4.69, 9.17) is 0 Å². The molecule has 1 aromatic carbocycles. The Labute approximate surface area is 95.8 Å². The predicted octanol–water partition coefficient (Wildman–Crippen LogP) is 2.87. The second kappa shape index (κ2) is 4.84. The van der Waals surface area contributed by atoms with Gasteiger partial charge in [0.2, 0.25) is 0 Å². The Morgan fingerprint density at radius 3 is 2.44 bits per heavy atom. The molecule has 1 fully saturated rings. The van der Waals surface area contributed by atoms with E-state index < -0.39 is 0 Å². The number of amides is 2. The summed E-state index contributed by atoms with van der Waals surface area (Å²) in [5.41, 5.74) is 2.08. The summed E-state index contributed by atoms with van der Waals surface area (Å²) in [5.74, 6) is 0. The highest BCUT2D eigenvalue weighted by Gasteiger charge is 2.17. The van der Waals surface area contributed by atoms with E-state index in [0.29, 0.717) is 0 Å². The summed E-state index contributed by atoms with van der Waals surface area (Å²) in [7, 11) is 0. The summed E-state index contributed by atoms with van der Waals surface area (Å²) < 4.78 is 0. The number of benzene rings is 1. The van der Waals surface area contributed by atoms with Crippen LogP contribution in [0.4, 0.5) is 10.5 Å². The monoisotopic (exact) mass is 216 g/mol. The molecule has 1 aromatic rings. The summed E-state index contributed by atoms with van der Waals surface area (Å²) in [6.45, 7) is 5.48. The number of carbonyl (C=O) groups excluding carboxylic acids is 1. The molecule has 0 radical (unpaired) electrons. The average molecular weight is 216 g/mol. The minimum atomic E-state index is -0.0151. The van der Waals surface area contributed by atoms with Crippen LogP contribution in [0.25, 0.3) is 0 Å². The third-order valence-electron chi connectivity index (χ3n) is 2.78. The molecule has 1 N–H and O–H groups in total. The fourth-order valence-electron chi connectivity index (χ4n) is 1.75. The van der Waals surface area contributed by atoms with Crippen molar-refractivity contribution in [1.82, 2.24) is 4.90 Å². The molecule has 1 aliphatic heterocycles. The number of nitrogens with zero attached hydrogens (tertiary/aromatic N) is 1. The molecule has 2 amide bonds. The van der Waals surface area contributed by atoms with Gasteiger partial charge in [0, 0.05) is 18.8 Å². The van der Waals surface area contributed by atoms with Crippen molar-refractivity contribution in [2.24, 2.45) is 0 Å². The van der Waals surface area contributed by atoms with Crippen molar-refractivity contribution in [1.29, 1.82) is 0 Å². The quantitative estimate of drug-likeness (QED) is 0.719. The van der Waals surface area contributed by atoms with Crippen LogP contribution in [0.2, 0.25) is 0 Å². The number of piperidine rings is 1. The van der Waals surface area contributed by atoms with Crippen molar-refractivity contribution in [3.8, 4) is 0 Å². The minimum absolute atomic E-state index is 0.0151. The maximum atomic E-state index is 11.9. The van der Waals surface area contributed by atoms with Gasteiger partial charge < -0.3 is 10.2 Å². The summed E-state index contributed by atoms with van der Waals surface area (Å²) >= 11 is 0. The average Bonchev–Trinajstić information content (AvgIpc) is 2.31. The molecule has 0 atom stereocenters. The van der Waals surface area contributed by atoms with Crippen molar-refractivity contribution >= 4 is 11.7 Å². The molecule has 1 aliphatic rings. The fourth-order valence-corrected chi connectivity index (χ4v) is 1.75. The second-order valence-electron chi connectivity index (χ2n) is 4.03. The Kier molecular flexibility index (Phi) is 3.25. The lowest BCUT2D eigenvalue weighted by atomic mass is 10.1. The van der Waals surface area contributed by atoms with Crippen molar-refractivity contribution in [3.05, 3.63) is 42.5 Å². The van der Waals surface area contributed by atoms with E-state index in [1.807, 2.05) is 35.2 Å². The van der Waals surface area contributed by atoms with E-state index in [9.17, 15) is 4.79 Å². The number of rotatable bonds is 1. The highest BCUT2D eigenvalue weighted by Crippen LogP contribution is 2.15. The van der Waals surface area contributed by atoms with Gasteiger partial charge in [0.1, 0.15) is 0 Å². The molecule has 0 aliphatic carbocycles. The molecule has 0 spiro atoms. The number of likely N-dealkylation sites (tertiary alicyclic amines) is 1. The molecule has 16 heavy (non-hydrogen) atoms. The maximum Gasteiger partial charge on any atom is 0.321 e. The topological polar surface area (TPSA) is 32.3 Å². The lowest BCUT2D eigenvalue weighted by Gasteiger charge is -2.28. The highest BCUT2D eigenvalue weighted by atomic mass is 16.2. The first-order valence-electron chi connectivity index (χ1n) is 5.53. The van der Waals surface area contributed by atoms with Gasteiger partial charge in [0.05, 0.1) is 0 Å². The van der Waals surface area contributed by atoms with E-state index in [1.165, 1.54) is 5.57 Å². The van der Waals surface area contributed by atoms with E-state index >= 15 is 0 Å². The summed E-state index contributed by atoms with van der Waals surface area (Å²) in [6.07, 6.45) is 1.84. The van der Waals surface area contributed by atoms with Gasteiger partial charge in [0.15, 0.2) is 0 Å². The van der Waals surface area contributed by atoms with Gasteiger partial charge in [0.25, 0.3) is 0 Å². The van der Waals surface area contributed by atoms with E-state index in [-0.39, 0.29) is 6.03 Å². The van der Waals surface area contributed by atoms with Gasteiger partial charge in [-0.3, -0.25) is 0 Å². The standard InChI is InChI=1S/C13H16N2O/c1-11-7-9-15(10-8-11)13(16)14-12-5-3-2-4-6-12/h2-6H,1,7-10H2,(H,14,16). The lowest BCUT2D eigenvalue weighted by Crippen LogP contribution is -2.39. The first kappa shape index (κ1) is 10.7. The van der Waals surface area contributed by atoms with Crippen LogP contribution in [0.1, 0.15) is 12.8 Å². The number of hydrogen-bond acceptors (Lipinski definition) is 1. The van der Waals surface area contributed by atoms with Crippen LogP contribution < -0.4 is 5.32 Å².